The molecule has 172 valence electrons. The van der Waals surface area contributed by atoms with Gasteiger partial charge in [0.25, 0.3) is 5.91 Å². The number of hydrogen-bond acceptors (Lipinski definition) is 5. The molecule has 1 amide bonds. The van der Waals surface area contributed by atoms with Gasteiger partial charge in [0.15, 0.2) is 0 Å². The Morgan fingerprint density at radius 1 is 0.971 bits per heavy atom. The zero-order valence-corrected chi connectivity index (χ0v) is 20.0. The maximum atomic E-state index is 13.1. The zero-order valence-electron chi connectivity index (χ0n) is 18.4. The first-order chi connectivity index (χ1) is 16.2. The lowest BCUT2D eigenvalue weighted by atomic mass is 10.0. The lowest BCUT2D eigenvalue weighted by Crippen LogP contribution is -2.20. The average molecular weight is 493 g/mol. The fourth-order valence-electron chi connectivity index (χ4n) is 3.45. The van der Waals surface area contributed by atoms with Crippen molar-refractivity contribution in [3.8, 4) is 11.3 Å². The summed E-state index contributed by atoms with van der Waals surface area (Å²) in [6, 6.07) is 23.1. The van der Waals surface area contributed by atoms with Crippen LogP contribution in [-0.4, -0.2) is 31.3 Å². The highest BCUT2D eigenvalue weighted by atomic mass is 35.5. The monoisotopic (exact) mass is 492 g/mol. The second-order valence-electron chi connectivity index (χ2n) is 7.65. The van der Waals surface area contributed by atoms with Gasteiger partial charge in [0.2, 0.25) is 10.0 Å². The number of carbonyl (C=O) groups excluding carboxylic acids is 1. The number of nitrogens with one attached hydrogen (secondary N) is 2. The molecule has 4 aromatic rings. The summed E-state index contributed by atoms with van der Waals surface area (Å²) in [6.45, 7) is 1.72. The summed E-state index contributed by atoms with van der Waals surface area (Å²) >= 11 is 6.36. The molecular formula is C25H21ClN4O3S. The van der Waals surface area contributed by atoms with E-state index in [1.165, 1.54) is 0 Å². The lowest BCUT2D eigenvalue weighted by molar-refractivity contribution is 0.0956. The molecule has 0 radical (unpaired) electrons. The molecule has 0 aliphatic heterocycles. The number of fused-ring (bicyclic) bond motifs is 1. The van der Waals surface area contributed by atoms with Gasteiger partial charge < -0.3 is 0 Å². The average Bonchev–Trinajstić information content (AvgIpc) is 2.81. The van der Waals surface area contributed by atoms with E-state index in [0.29, 0.717) is 44.1 Å². The molecule has 0 fully saturated rings. The molecule has 0 saturated heterocycles. The van der Waals surface area contributed by atoms with Crippen LogP contribution in [0.2, 0.25) is 5.02 Å². The minimum absolute atomic E-state index is 0.406. The van der Waals surface area contributed by atoms with Gasteiger partial charge in [0, 0.05) is 21.7 Å². The third kappa shape index (κ3) is 5.41. The van der Waals surface area contributed by atoms with Crippen LogP contribution in [-0.2, 0) is 10.0 Å². The minimum atomic E-state index is -3.41. The highest BCUT2D eigenvalue weighted by Crippen LogP contribution is 2.29. The van der Waals surface area contributed by atoms with Crippen molar-refractivity contribution in [1.82, 2.24) is 10.4 Å². The van der Waals surface area contributed by atoms with Crippen LogP contribution in [0.25, 0.3) is 22.2 Å². The van der Waals surface area contributed by atoms with E-state index in [-0.39, 0.29) is 0 Å². The number of hydrogen-bond donors (Lipinski definition) is 2. The Bertz CT molecular complexity index is 1530. The minimum Gasteiger partial charge on any atom is -0.284 e. The van der Waals surface area contributed by atoms with Crippen molar-refractivity contribution >= 4 is 49.8 Å². The number of para-hydroxylation sites is 1. The summed E-state index contributed by atoms with van der Waals surface area (Å²) in [7, 11) is -3.41. The van der Waals surface area contributed by atoms with Gasteiger partial charge in [-0.25, -0.2) is 18.8 Å². The molecule has 0 aliphatic carbocycles. The lowest BCUT2D eigenvalue weighted by Gasteiger charge is -2.10. The summed E-state index contributed by atoms with van der Waals surface area (Å²) in [5, 5.41) is 5.45. The van der Waals surface area contributed by atoms with E-state index in [1.807, 2.05) is 42.5 Å². The molecule has 3 aromatic carbocycles. The van der Waals surface area contributed by atoms with E-state index in [0.717, 1.165) is 11.8 Å². The molecule has 0 spiro atoms. The second kappa shape index (κ2) is 9.62. The molecule has 7 nitrogen and oxygen atoms in total. The van der Waals surface area contributed by atoms with E-state index in [9.17, 15) is 13.2 Å². The molecule has 0 unspecified atom stereocenters. The molecule has 0 bridgehead atoms. The van der Waals surface area contributed by atoms with Crippen LogP contribution >= 0.6 is 11.6 Å². The van der Waals surface area contributed by atoms with Crippen LogP contribution in [0, 0.1) is 0 Å². The van der Waals surface area contributed by atoms with Gasteiger partial charge in [-0.1, -0.05) is 60.1 Å². The number of anilines is 1. The molecule has 34 heavy (non-hydrogen) atoms. The second-order valence-corrected chi connectivity index (χ2v) is 9.80. The first kappa shape index (κ1) is 23.4. The van der Waals surface area contributed by atoms with Crippen LogP contribution in [0.15, 0.2) is 84.0 Å². The molecular weight excluding hydrogens is 472 g/mol. The highest BCUT2D eigenvalue weighted by molar-refractivity contribution is 7.92. The van der Waals surface area contributed by atoms with E-state index >= 15 is 0 Å². The first-order valence-corrected chi connectivity index (χ1v) is 12.6. The summed E-state index contributed by atoms with van der Waals surface area (Å²) in [4.78, 5) is 17.8. The number of halogens is 1. The predicted molar refractivity (Wildman–Crippen MR) is 137 cm³/mol. The normalized spacial score (nSPS) is 11.9. The SMILES string of the molecule is C/C(=N/NC(=O)c1cc(-c2ccccc2Cl)nc2ccccc12)c1cccc(NS(C)(=O)=O)c1. The number of nitrogens with zero attached hydrogens (tertiary/aromatic N) is 2. The van der Waals surface area contributed by atoms with E-state index < -0.39 is 15.9 Å². The molecule has 0 saturated carbocycles. The number of benzene rings is 3. The van der Waals surface area contributed by atoms with E-state index in [4.69, 9.17) is 11.6 Å². The van der Waals surface area contributed by atoms with Crippen molar-refractivity contribution in [3.05, 3.63) is 95.0 Å². The van der Waals surface area contributed by atoms with Gasteiger partial charge in [0.1, 0.15) is 0 Å². The summed E-state index contributed by atoms with van der Waals surface area (Å²) < 4.78 is 25.4. The number of rotatable bonds is 6. The molecule has 2 N–H and O–H groups in total. The summed E-state index contributed by atoms with van der Waals surface area (Å²) in [5.74, 6) is -0.406. The smallest absolute Gasteiger partial charge is 0.272 e. The van der Waals surface area contributed by atoms with Crippen LogP contribution in [0.5, 0.6) is 0 Å². The topological polar surface area (TPSA) is 101 Å². The van der Waals surface area contributed by atoms with Crippen molar-refractivity contribution in [1.29, 1.82) is 0 Å². The number of carbonyl (C=O) groups is 1. The molecule has 1 heterocycles. The Balaban J connectivity index is 1.66. The van der Waals surface area contributed by atoms with Crippen molar-refractivity contribution in [2.75, 3.05) is 11.0 Å². The number of amides is 1. The molecule has 0 atom stereocenters. The highest BCUT2D eigenvalue weighted by Gasteiger charge is 2.15. The maximum absolute atomic E-state index is 13.1. The number of pyridine rings is 1. The van der Waals surface area contributed by atoms with Crippen LogP contribution in [0.1, 0.15) is 22.8 Å². The third-order valence-electron chi connectivity index (χ3n) is 5.02. The van der Waals surface area contributed by atoms with Crippen molar-refractivity contribution in [3.63, 3.8) is 0 Å². The fraction of sp³-hybridized carbons (Fsp3) is 0.0800. The Labute approximate surface area is 202 Å². The van der Waals surface area contributed by atoms with Crippen LogP contribution in [0.4, 0.5) is 5.69 Å². The predicted octanol–water partition coefficient (Wildman–Crippen LogP) is 5.08. The quantitative estimate of drug-likeness (QED) is 0.289. The van der Waals surface area contributed by atoms with Gasteiger partial charge in [-0.2, -0.15) is 5.10 Å². The largest absolute Gasteiger partial charge is 0.284 e. The van der Waals surface area contributed by atoms with Gasteiger partial charge in [-0.05, 0) is 42.8 Å². The molecule has 1 aromatic heterocycles. The standard InChI is InChI=1S/C25H21ClN4O3S/c1-16(17-8-7-9-18(14-17)30-34(2,32)33)28-29-25(31)21-15-24(20-11-3-5-12-22(20)26)27-23-13-6-4-10-19(21)23/h3-15,30H,1-2H3,(H,29,31)/b28-16-. The van der Waals surface area contributed by atoms with Gasteiger partial charge in [0.05, 0.1) is 28.7 Å². The number of sulfonamides is 1. The molecule has 0 aliphatic rings. The maximum Gasteiger partial charge on any atom is 0.272 e. The zero-order chi connectivity index (χ0) is 24.3. The Morgan fingerprint density at radius 2 is 1.71 bits per heavy atom. The first-order valence-electron chi connectivity index (χ1n) is 10.3. The number of aromatic nitrogens is 1. The summed E-state index contributed by atoms with van der Waals surface area (Å²) in [6.07, 6.45) is 1.08. The molecule has 9 heteroatoms. The van der Waals surface area contributed by atoms with Gasteiger partial charge in [-0.15, -0.1) is 0 Å². The number of hydrazone groups is 1. The van der Waals surface area contributed by atoms with Gasteiger partial charge >= 0.3 is 0 Å². The molecule has 4 rings (SSSR count). The Hall–Kier alpha value is -3.75. The van der Waals surface area contributed by atoms with Crippen molar-refractivity contribution < 1.29 is 13.2 Å². The van der Waals surface area contributed by atoms with E-state index in [2.05, 4.69) is 20.2 Å². The summed E-state index contributed by atoms with van der Waals surface area (Å²) in [5.41, 5.74) is 6.54. The van der Waals surface area contributed by atoms with Crippen LogP contribution < -0.4 is 10.1 Å². The van der Waals surface area contributed by atoms with Gasteiger partial charge in [-0.3, -0.25) is 9.52 Å². The Morgan fingerprint density at radius 3 is 2.47 bits per heavy atom. The van der Waals surface area contributed by atoms with Crippen molar-refractivity contribution in [2.24, 2.45) is 5.10 Å². The third-order valence-corrected chi connectivity index (χ3v) is 5.96. The fourth-order valence-corrected chi connectivity index (χ4v) is 4.24. The van der Waals surface area contributed by atoms with Crippen molar-refractivity contribution in [2.45, 2.75) is 6.92 Å². The van der Waals surface area contributed by atoms with E-state index in [1.54, 1.807) is 43.3 Å². The van der Waals surface area contributed by atoms with Crippen LogP contribution in [0.3, 0.4) is 0 Å². The Kier molecular flexibility index (Phi) is 6.63.